The van der Waals surface area contributed by atoms with Crippen molar-refractivity contribution in [1.82, 2.24) is 0 Å². The van der Waals surface area contributed by atoms with Crippen molar-refractivity contribution >= 4 is 23.3 Å². The molecule has 0 spiro atoms. The van der Waals surface area contributed by atoms with E-state index in [4.69, 9.17) is 18.9 Å². The van der Waals surface area contributed by atoms with Gasteiger partial charge in [0.15, 0.2) is 17.6 Å². The zero-order valence-electron chi connectivity index (χ0n) is 20.3. The van der Waals surface area contributed by atoms with Crippen molar-refractivity contribution in [1.29, 1.82) is 0 Å². The molecule has 0 radical (unpaired) electrons. The van der Waals surface area contributed by atoms with Gasteiger partial charge in [-0.2, -0.15) is 0 Å². The highest BCUT2D eigenvalue weighted by Gasteiger charge is 2.37. The Morgan fingerprint density at radius 1 is 0.861 bits per heavy atom. The van der Waals surface area contributed by atoms with Crippen LogP contribution < -0.4 is 19.1 Å². The second kappa shape index (κ2) is 10.9. The Morgan fingerprint density at radius 3 is 2.14 bits per heavy atom. The van der Waals surface area contributed by atoms with E-state index >= 15 is 0 Å². The van der Waals surface area contributed by atoms with Gasteiger partial charge in [-0.05, 0) is 67.6 Å². The van der Waals surface area contributed by atoms with Crippen LogP contribution >= 0.6 is 0 Å². The van der Waals surface area contributed by atoms with E-state index in [1.54, 1.807) is 67.8 Å². The lowest BCUT2D eigenvalue weighted by atomic mass is 10.1. The zero-order chi connectivity index (χ0) is 25.7. The highest BCUT2D eigenvalue weighted by Crippen LogP contribution is 2.33. The van der Waals surface area contributed by atoms with Crippen molar-refractivity contribution in [3.8, 4) is 23.0 Å². The number of carbonyl (C=O) groups excluding carboxylic acids is 3. The number of amides is 1. The van der Waals surface area contributed by atoms with E-state index in [9.17, 15) is 14.4 Å². The molecule has 1 aliphatic rings. The van der Waals surface area contributed by atoms with Gasteiger partial charge < -0.3 is 23.8 Å². The summed E-state index contributed by atoms with van der Waals surface area (Å²) < 4.78 is 21.7. The van der Waals surface area contributed by atoms with Gasteiger partial charge in [0.25, 0.3) is 0 Å². The van der Waals surface area contributed by atoms with Gasteiger partial charge >= 0.3 is 5.97 Å². The molecule has 8 heteroatoms. The number of Topliss-reactive ketones (excluding diaryl/α,β-unsaturated/α-hetero) is 1. The molecule has 0 aliphatic carbocycles. The average molecular weight is 490 g/mol. The molecule has 1 aliphatic heterocycles. The minimum atomic E-state index is -0.971. The number of anilines is 1. The molecule has 0 aromatic heterocycles. The van der Waals surface area contributed by atoms with Crippen LogP contribution in [-0.2, 0) is 14.3 Å². The standard InChI is InChI=1S/C28H27NO7/c1-18(27(31)19-8-12-22(33-2)13-9-19)35-28(32)20-16-26(30)29(17-20)21-10-14-23(15-11-21)36-25-7-5-4-6-24(25)34-3/h4-15,18,20H,16-17H2,1-3H3/t18-,20+/m1/s1. The second-order valence-electron chi connectivity index (χ2n) is 8.32. The summed E-state index contributed by atoms with van der Waals surface area (Å²) in [5, 5.41) is 0. The van der Waals surface area contributed by atoms with Crippen molar-refractivity contribution in [2.75, 3.05) is 25.7 Å². The molecule has 1 fully saturated rings. The topological polar surface area (TPSA) is 91.4 Å². The van der Waals surface area contributed by atoms with Gasteiger partial charge in [0, 0.05) is 24.2 Å². The summed E-state index contributed by atoms with van der Waals surface area (Å²) in [6, 6.07) is 20.9. The number of esters is 1. The Morgan fingerprint density at radius 2 is 1.50 bits per heavy atom. The van der Waals surface area contributed by atoms with Gasteiger partial charge in [-0.25, -0.2) is 0 Å². The monoisotopic (exact) mass is 489 g/mol. The molecular weight excluding hydrogens is 462 g/mol. The number of hydrogen-bond donors (Lipinski definition) is 0. The maximum absolute atomic E-state index is 12.7. The van der Waals surface area contributed by atoms with Crippen LogP contribution in [0.5, 0.6) is 23.0 Å². The highest BCUT2D eigenvalue weighted by atomic mass is 16.5. The summed E-state index contributed by atoms with van der Waals surface area (Å²) in [6.07, 6.45) is -0.955. The number of hydrogen-bond acceptors (Lipinski definition) is 7. The molecule has 1 heterocycles. The van der Waals surface area contributed by atoms with Crippen LogP contribution in [0.2, 0.25) is 0 Å². The largest absolute Gasteiger partial charge is 0.497 e. The molecule has 8 nitrogen and oxygen atoms in total. The first kappa shape index (κ1) is 24.8. The van der Waals surface area contributed by atoms with E-state index < -0.39 is 18.0 Å². The highest BCUT2D eigenvalue weighted by molar-refractivity contribution is 6.02. The van der Waals surface area contributed by atoms with E-state index in [0.717, 1.165) is 0 Å². The van der Waals surface area contributed by atoms with Crippen LogP contribution in [0.15, 0.2) is 72.8 Å². The lowest BCUT2D eigenvalue weighted by Gasteiger charge is -2.18. The predicted octanol–water partition coefficient (Wildman–Crippen LogP) is 4.66. The quantitative estimate of drug-likeness (QED) is 0.319. The first-order valence-electron chi connectivity index (χ1n) is 11.5. The maximum atomic E-state index is 12.7. The molecule has 1 saturated heterocycles. The maximum Gasteiger partial charge on any atom is 0.312 e. The van der Waals surface area contributed by atoms with Crippen LogP contribution in [0.1, 0.15) is 23.7 Å². The van der Waals surface area contributed by atoms with Crippen molar-refractivity contribution < 1.29 is 33.3 Å². The minimum Gasteiger partial charge on any atom is -0.497 e. The Bertz CT molecular complexity index is 1240. The van der Waals surface area contributed by atoms with E-state index in [2.05, 4.69) is 0 Å². The number of carbonyl (C=O) groups is 3. The van der Waals surface area contributed by atoms with Gasteiger partial charge in [-0.1, -0.05) is 12.1 Å². The molecule has 4 rings (SSSR count). The molecule has 0 unspecified atom stereocenters. The van der Waals surface area contributed by atoms with Gasteiger partial charge in [0.05, 0.1) is 20.1 Å². The average Bonchev–Trinajstić information content (AvgIpc) is 3.30. The molecule has 0 saturated carbocycles. The van der Waals surface area contributed by atoms with Crippen LogP contribution in [-0.4, -0.2) is 44.5 Å². The van der Waals surface area contributed by atoms with Gasteiger partial charge in [0.1, 0.15) is 11.5 Å². The normalized spacial score (nSPS) is 15.8. The number of nitrogens with zero attached hydrogens (tertiary/aromatic N) is 1. The number of para-hydroxylation sites is 2. The molecule has 0 N–H and O–H groups in total. The van der Waals surface area contributed by atoms with Crippen molar-refractivity contribution in [3.63, 3.8) is 0 Å². The molecule has 3 aromatic rings. The summed E-state index contributed by atoms with van der Waals surface area (Å²) in [4.78, 5) is 39.5. The SMILES string of the molecule is COc1ccc(C(=O)[C@@H](C)OC(=O)[C@H]2CC(=O)N(c3ccc(Oc4ccccc4OC)cc3)C2)cc1. The zero-order valence-corrected chi connectivity index (χ0v) is 20.3. The summed E-state index contributed by atoms with van der Waals surface area (Å²) in [5.41, 5.74) is 1.06. The Balaban J connectivity index is 1.36. The lowest BCUT2D eigenvalue weighted by molar-refractivity contribution is -0.151. The van der Waals surface area contributed by atoms with E-state index in [1.165, 1.54) is 18.9 Å². The summed E-state index contributed by atoms with van der Waals surface area (Å²) >= 11 is 0. The Hall–Kier alpha value is -4.33. The predicted molar refractivity (Wildman–Crippen MR) is 133 cm³/mol. The summed E-state index contributed by atoms with van der Waals surface area (Å²) in [6.45, 7) is 1.70. The number of rotatable bonds is 9. The van der Waals surface area contributed by atoms with Crippen LogP contribution in [0.4, 0.5) is 5.69 Å². The number of methoxy groups -OCH3 is 2. The van der Waals surface area contributed by atoms with Crippen molar-refractivity contribution in [2.45, 2.75) is 19.4 Å². The molecule has 0 bridgehead atoms. The van der Waals surface area contributed by atoms with E-state index in [-0.39, 0.29) is 24.7 Å². The molecule has 36 heavy (non-hydrogen) atoms. The summed E-state index contributed by atoms with van der Waals surface area (Å²) in [7, 11) is 3.11. The fraction of sp³-hybridized carbons (Fsp3) is 0.250. The fourth-order valence-corrected chi connectivity index (χ4v) is 3.95. The van der Waals surface area contributed by atoms with Crippen molar-refractivity contribution in [3.05, 3.63) is 78.4 Å². The van der Waals surface area contributed by atoms with Crippen LogP contribution in [0, 0.1) is 5.92 Å². The fourth-order valence-electron chi connectivity index (χ4n) is 3.95. The van der Waals surface area contributed by atoms with Gasteiger partial charge in [0.2, 0.25) is 11.7 Å². The first-order valence-corrected chi connectivity index (χ1v) is 11.5. The molecule has 1 amide bonds. The number of ether oxygens (including phenoxy) is 4. The van der Waals surface area contributed by atoms with Crippen molar-refractivity contribution in [2.24, 2.45) is 5.92 Å². The number of ketones is 1. The van der Waals surface area contributed by atoms with Gasteiger partial charge in [-0.3, -0.25) is 14.4 Å². The minimum absolute atomic E-state index is 0.0156. The third kappa shape index (κ3) is 5.49. The van der Waals surface area contributed by atoms with E-state index in [0.29, 0.717) is 34.2 Å². The Labute approximate surface area is 209 Å². The first-order chi connectivity index (χ1) is 17.4. The lowest BCUT2D eigenvalue weighted by Crippen LogP contribution is -2.30. The molecule has 186 valence electrons. The van der Waals surface area contributed by atoms with Crippen LogP contribution in [0.3, 0.4) is 0 Å². The molecule has 2 atom stereocenters. The number of benzene rings is 3. The van der Waals surface area contributed by atoms with E-state index in [1.807, 2.05) is 12.1 Å². The third-order valence-corrected chi connectivity index (χ3v) is 5.94. The molecule has 3 aromatic carbocycles. The Kier molecular flexibility index (Phi) is 7.53. The second-order valence-corrected chi connectivity index (χ2v) is 8.32. The van der Waals surface area contributed by atoms with Gasteiger partial charge in [-0.15, -0.1) is 0 Å². The smallest absolute Gasteiger partial charge is 0.312 e. The third-order valence-electron chi connectivity index (χ3n) is 5.94. The molecular formula is C28H27NO7. The van der Waals surface area contributed by atoms with Crippen LogP contribution in [0.25, 0.3) is 0 Å². The summed E-state index contributed by atoms with van der Waals surface area (Å²) in [5.74, 6) is 0.645.